The van der Waals surface area contributed by atoms with Crippen LogP contribution in [0.4, 0.5) is 0 Å². The zero-order chi connectivity index (χ0) is 11.9. The van der Waals surface area contributed by atoms with Crippen LogP contribution in [0.3, 0.4) is 0 Å². The van der Waals surface area contributed by atoms with Gasteiger partial charge < -0.3 is 9.67 Å². The van der Waals surface area contributed by atoms with Crippen LogP contribution in [-0.2, 0) is 21.9 Å². The van der Waals surface area contributed by atoms with E-state index in [0.29, 0.717) is 0 Å². The molecule has 1 aliphatic rings. The second-order valence-electron chi connectivity index (χ2n) is 3.73. The van der Waals surface area contributed by atoms with Crippen LogP contribution in [0.2, 0.25) is 0 Å². The van der Waals surface area contributed by atoms with Crippen molar-refractivity contribution in [3.05, 3.63) is 12.5 Å². The summed E-state index contributed by atoms with van der Waals surface area (Å²) in [5.41, 5.74) is 0. The SMILES string of the molecule is Cn1cnc(S(=O)(=O)N2CC(C(=O)O)C2)c1.[LiH]. The Balaban J connectivity index is 0.00000144. The molecule has 0 spiro atoms. The summed E-state index contributed by atoms with van der Waals surface area (Å²) >= 11 is 0. The number of aliphatic carboxylic acids is 1. The number of nitrogens with zero attached hydrogens (tertiary/aromatic N) is 3. The minimum absolute atomic E-state index is 0. The molecule has 0 atom stereocenters. The molecular weight excluding hydrogens is 241 g/mol. The van der Waals surface area contributed by atoms with Crippen LogP contribution in [0.5, 0.6) is 0 Å². The first-order chi connectivity index (χ1) is 7.41. The molecular formula is C8H12LiN3O4S. The van der Waals surface area contributed by atoms with Gasteiger partial charge in [0.05, 0.1) is 12.2 Å². The molecule has 2 heterocycles. The molecule has 0 amide bonds. The number of hydrogen-bond donors (Lipinski definition) is 1. The van der Waals surface area contributed by atoms with Gasteiger partial charge in [0.25, 0.3) is 10.0 Å². The second kappa shape index (κ2) is 4.82. The Morgan fingerprint density at radius 3 is 2.53 bits per heavy atom. The third-order valence-corrected chi connectivity index (χ3v) is 4.20. The third kappa shape index (κ3) is 2.55. The van der Waals surface area contributed by atoms with Gasteiger partial charge in [0.1, 0.15) is 0 Å². The first-order valence-electron chi connectivity index (χ1n) is 4.62. The van der Waals surface area contributed by atoms with Crippen molar-refractivity contribution in [1.82, 2.24) is 13.9 Å². The van der Waals surface area contributed by atoms with E-state index >= 15 is 0 Å². The summed E-state index contributed by atoms with van der Waals surface area (Å²) in [6.45, 7) is 0.0441. The van der Waals surface area contributed by atoms with Crippen LogP contribution >= 0.6 is 0 Å². The maximum atomic E-state index is 11.9. The number of aryl methyl sites for hydroxylation is 1. The quantitative estimate of drug-likeness (QED) is 0.660. The van der Waals surface area contributed by atoms with Crippen molar-refractivity contribution in [3.8, 4) is 0 Å². The molecule has 17 heavy (non-hydrogen) atoms. The summed E-state index contributed by atoms with van der Waals surface area (Å²) < 4.78 is 26.4. The Labute approximate surface area is 111 Å². The number of aromatic nitrogens is 2. The van der Waals surface area contributed by atoms with Crippen LogP contribution < -0.4 is 0 Å². The van der Waals surface area contributed by atoms with Gasteiger partial charge in [0, 0.05) is 26.3 Å². The van der Waals surface area contributed by atoms with Crippen molar-refractivity contribution in [2.45, 2.75) is 5.03 Å². The average Bonchev–Trinajstić information content (AvgIpc) is 2.47. The van der Waals surface area contributed by atoms with Gasteiger partial charge in [-0.15, -0.1) is 0 Å². The summed E-state index contributed by atoms with van der Waals surface area (Å²) in [4.78, 5) is 14.3. The Bertz CT molecular complexity index is 521. The summed E-state index contributed by atoms with van der Waals surface area (Å²) in [5.74, 6) is -1.56. The zero-order valence-electron chi connectivity index (χ0n) is 8.57. The predicted molar refractivity (Wildman–Crippen MR) is 60.2 cm³/mol. The molecule has 2 rings (SSSR count). The fourth-order valence-corrected chi connectivity index (χ4v) is 2.94. The molecule has 1 aliphatic heterocycles. The van der Waals surface area contributed by atoms with E-state index in [-0.39, 0.29) is 37.0 Å². The number of rotatable bonds is 3. The summed E-state index contributed by atoms with van der Waals surface area (Å²) in [6.07, 6.45) is 2.78. The van der Waals surface area contributed by atoms with Crippen molar-refractivity contribution >= 4 is 34.9 Å². The molecule has 0 bridgehead atoms. The van der Waals surface area contributed by atoms with Crippen molar-refractivity contribution in [2.75, 3.05) is 13.1 Å². The molecule has 0 aliphatic carbocycles. The molecule has 0 saturated carbocycles. The monoisotopic (exact) mass is 253 g/mol. The van der Waals surface area contributed by atoms with E-state index in [1.54, 1.807) is 7.05 Å². The molecule has 90 valence electrons. The molecule has 1 N–H and O–H groups in total. The molecule has 1 fully saturated rings. The van der Waals surface area contributed by atoms with E-state index in [1.165, 1.54) is 17.1 Å². The van der Waals surface area contributed by atoms with Crippen LogP contribution in [0, 0.1) is 5.92 Å². The molecule has 1 saturated heterocycles. The van der Waals surface area contributed by atoms with Gasteiger partial charge in [0.2, 0.25) is 0 Å². The third-order valence-electron chi connectivity index (χ3n) is 2.48. The van der Waals surface area contributed by atoms with Crippen LogP contribution in [0.25, 0.3) is 0 Å². The van der Waals surface area contributed by atoms with Gasteiger partial charge in [-0.2, -0.15) is 4.31 Å². The maximum absolute atomic E-state index is 11.9. The molecule has 7 nitrogen and oxygen atoms in total. The predicted octanol–water partition coefficient (Wildman–Crippen LogP) is -1.52. The molecule has 0 radical (unpaired) electrons. The topological polar surface area (TPSA) is 92.5 Å². The number of carboxylic acid groups (broad SMARTS) is 1. The number of hydrogen-bond acceptors (Lipinski definition) is 4. The summed E-state index contributed by atoms with van der Waals surface area (Å²) in [5, 5.41) is 8.61. The van der Waals surface area contributed by atoms with Gasteiger partial charge in [-0.3, -0.25) is 4.79 Å². The van der Waals surface area contributed by atoms with E-state index in [4.69, 9.17) is 5.11 Å². The first-order valence-corrected chi connectivity index (χ1v) is 6.06. The Hall–Kier alpha value is -0.813. The van der Waals surface area contributed by atoms with Gasteiger partial charge >= 0.3 is 24.8 Å². The van der Waals surface area contributed by atoms with Crippen molar-refractivity contribution in [2.24, 2.45) is 13.0 Å². The van der Waals surface area contributed by atoms with E-state index in [0.717, 1.165) is 4.31 Å². The van der Waals surface area contributed by atoms with E-state index in [9.17, 15) is 13.2 Å². The number of imidazole rings is 1. The van der Waals surface area contributed by atoms with E-state index < -0.39 is 21.9 Å². The van der Waals surface area contributed by atoms with Crippen LogP contribution in [-0.4, -0.2) is 65.3 Å². The normalized spacial score (nSPS) is 17.2. The number of carbonyl (C=O) groups is 1. The van der Waals surface area contributed by atoms with Gasteiger partial charge in [-0.25, -0.2) is 13.4 Å². The fraction of sp³-hybridized carbons (Fsp3) is 0.500. The van der Waals surface area contributed by atoms with Gasteiger partial charge in [-0.05, 0) is 0 Å². The summed E-state index contributed by atoms with van der Waals surface area (Å²) in [7, 11) is -1.94. The zero-order valence-corrected chi connectivity index (χ0v) is 9.38. The Morgan fingerprint density at radius 1 is 1.53 bits per heavy atom. The van der Waals surface area contributed by atoms with Crippen LogP contribution in [0.15, 0.2) is 17.6 Å². The minimum atomic E-state index is -3.61. The van der Waals surface area contributed by atoms with Crippen molar-refractivity contribution < 1.29 is 18.3 Å². The fourth-order valence-electron chi connectivity index (χ4n) is 1.44. The summed E-state index contributed by atoms with van der Waals surface area (Å²) in [6, 6.07) is 0. The molecule has 1 aromatic heterocycles. The first kappa shape index (κ1) is 14.2. The van der Waals surface area contributed by atoms with Crippen LogP contribution in [0.1, 0.15) is 0 Å². The average molecular weight is 253 g/mol. The number of carboxylic acids is 1. The molecule has 0 unspecified atom stereocenters. The van der Waals surface area contributed by atoms with Crippen molar-refractivity contribution in [3.63, 3.8) is 0 Å². The van der Waals surface area contributed by atoms with Gasteiger partial charge in [-0.1, -0.05) is 0 Å². The van der Waals surface area contributed by atoms with Gasteiger partial charge in [0.15, 0.2) is 5.03 Å². The molecule has 1 aromatic rings. The molecule has 9 heteroatoms. The van der Waals surface area contributed by atoms with E-state index in [1.807, 2.05) is 0 Å². The van der Waals surface area contributed by atoms with E-state index in [2.05, 4.69) is 4.98 Å². The Kier molecular flexibility index (Phi) is 4.04. The molecule has 0 aromatic carbocycles. The second-order valence-corrected chi connectivity index (χ2v) is 5.62. The van der Waals surface area contributed by atoms with Crippen molar-refractivity contribution in [1.29, 1.82) is 0 Å². The number of sulfonamides is 1. The standard InChI is InChI=1S/C8H11N3O4S.Li.H/c1-10-4-7(9-5-10)16(14,15)11-2-6(3-11)8(12)13;;/h4-6H,2-3H2,1H3,(H,12,13);;. The Morgan fingerprint density at radius 2 is 2.12 bits per heavy atom.